The third kappa shape index (κ3) is 5.16. The van der Waals surface area contributed by atoms with Gasteiger partial charge in [0.25, 0.3) is 0 Å². The van der Waals surface area contributed by atoms with Gasteiger partial charge in [-0.25, -0.2) is 0 Å². The Kier molecular flexibility index (Phi) is 5.40. The molecule has 1 aromatic carbocycles. The van der Waals surface area contributed by atoms with Crippen molar-refractivity contribution in [3.05, 3.63) is 35.9 Å². The molecule has 1 heterocycles. The van der Waals surface area contributed by atoms with Crippen molar-refractivity contribution in [1.29, 1.82) is 0 Å². The monoisotopic (exact) mass is 288 g/mol. The zero-order chi connectivity index (χ0) is 15.3. The van der Waals surface area contributed by atoms with Gasteiger partial charge >= 0.3 is 0 Å². The van der Waals surface area contributed by atoms with E-state index in [9.17, 15) is 4.79 Å². The number of hydrogen-bond donors (Lipinski definition) is 1. The first-order valence-electron chi connectivity index (χ1n) is 8.00. The van der Waals surface area contributed by atoms with Gasteiger partial charge in [-0.3, -0.25) is 9.69 Å². The van der Waals surface area contributed by atoms with Crippen LogP contribution in [0.15, 0.2) is 30.3 Å². The van der Waals surface area contributed by atoms with Crippen molar-refractivity contribution in [2.45, 2.75) is 40.2 Å². The Morgan fingerprint density at radius 1 is 1.29 bits per heavy atom. The van der Waals surface area contributed by atoms with Gasteiger partial charge in [0.05, 0.1) is 0 Å². The maximum absolute atomic E-state index is 12.0. The lowest BCUT2D eigenvalue weighted by atomic mass is 9.94. The van der Waals surface area contributed by atoms with Gasteiger partial charge in [-0.05, 0) is 30.9 Å². The predicted molar refractivity (Wildman–Crippen MR) is 86.9 cm³/mol. The molecule has 1 aromatic rings. The van der Waals surface area contributed by atoms with Crippen molar-refractivity contribution < 1.29 is 4.79 Å². The minimum Gasteiger partial charge on any atom is -0.355 e. The third-order valence-corrected chi connectivity index (χ3v) is 4.08. The first-order valence-corrected chi connectivity index (χ1v) is 8.00. The van der Waals surface area contributed by atoms with Crippen molar-refractivity contribution in [1.82, 2.24) is 10.2 Å². The summed E-state index contributed by atoms with van der Waals surface area (Å²) < 4.78 is 0. The lowest BCUT2D eigenvalue weighted by Crippen LogP contribution is -2.43. The molecule has 1 aliphatic rings. The fourth-order valence-electron chi connectivity index (χ4n) is 2.81. The molecule has 1 amide bonds. The summed E-state index contributed by atoms with van der Waals surface area (Å²) in [6, 6.07) is 10.6. The first-order chi connectivity index (χ1) is 9.95. The molecule has 1 atom stereocenters. The highest BCUT2D eigenvalue weighted by molar-refractivity contribution is 5.81. The zero-order valence-electron chi connectivity index (χ0n) is 13.6. The van der Waals surface area contributed by atoms with Crippen molar-refractivity contribution in [2.24, 2.45) is 11.3 Å². The molecule has 0 aliphatic carbocycles. The van der Waals surface area contributed by atoms with Crippen LogP contribution in [0.5, 0.6) is 0 Å². The maximum Gasteiger partial charge on any atom is 0.225 e. The molecule has 1 fully saturated rings. The number of likely N-dealkylation sites (tertiary alicyclic amines) is 1. The Morgan fingerprint density at radius 3 is 2.67 bits per heavy atom. The second kappa shape index (κ2) is 7.08. The number of amides is 1. The standard InChI is InChI=1S/C18H28N2O/c1-18(2,3)17(21)19-12-16-10-7-11-20(14-16)13-15-8-5-4-6-9-15/h4-6,8-9,16H,7,10-14H2,1-3H3,(H,19,21)/t16-/m0/s1. The molecule has 1 aliphatic heterocycles. The van der Waals surface area contributed by atoms with Crippen LogP contribution in [-0.4, -0.2) is 30.4 Å². The molecule has 0 spiro atoms. The summed E-state index contributed by atoms with van der Waals surface area (Å²) in [5.74, 6) is 0.733. The number of hydrogen-bond acceptors (Lipinski definition) is 2. The Hall–Kier alpha value is -1.35. The van der Waals surface area contributed by atoms with Crippen LogP contribution in [0.3, 0.4) is 0 Å². The lowest BCUT2D eigenvalue weighted by molar-refractivity contribution is -0.128. The average Bonchev–Trinajstić information content (AvgIpc) is 2.45. The molecule has 3 nitrogen and oxygen atoms in total. The number of nitrogens with zero attached hydrogens (tertiary/aromatic N) is 1. The fraction of sp³-hybridized carbons (Fsp3) is 0.611. The summed E-state index contributed by atoms with van der Waals surface area (Å²) in [6.07, 6.45) is 2.44. The van der Waals surface area contributed by atoms with E-state index < -0.39 is 0 Å². The van der Waals surface area contributed by atoms with E-state index in [2.05, 4.69) is 40.5 Å². The summed E-state index contributed by atoms with van der Waals surface area (Å²) >= 11 is 0. The number of benzene rings is 1. The molecule has 0 radical (unpaired) electrons. The molecule has 3 heteroatoms. The SMILES string of the molecule is CC(C)(C)C(=O)NC[C@@H]1CCCN(Cc2ccccc2)C1. The summed E-state index contributed by atoms with van der Waals surface area (Å²) in [5, 5.41) is 3.11. The first kappa shape index (κ1) is 16.0. The molecular weight excluding hydrogens is 260 g/mol. The van der Waals surface area contributed by atoms with Crippen LogP contribution >= 0.6 is 0 Å². The molecular formula is C18H28N2O. The highest BCUT2D eigenvalue weighted by Gasteiger charge is 2.24. The van der Waals surface area contributed by atoms with E-state index in [1.807, 2.05) is 20.8 Å². The number of nitrogens with one attached hydrogen (secondary N) is 1. The van der Waals surface area contributed by atoms with Crippen LogP contribution in [0.2, 0.25) is 0 Å². The molecule has 1 saturated heterocycles. The Labute approximate surface area is 128 Å². The van der Waals surface area contributed by atoms with Gasteiger partial charge in [-0.1, -0.05) is 51.1 Å². The number of piperidine rings is 1. The molecule has 21 heavy (non-hydrogen) atoms. The van der Waals surface area contributed by atoms with E-state index in [1.165, 1.54) is 24.9 Å². The van der Waals surface area contributed by atoms with Crippen molar-refractivity contribution in [3.63, 3.8) is 0 Å². The van der Waals surface area contributed by atoms with Crippen LogP contribution in [-0.2, 0) is 11.3 Å². The highest BCUT2D eigenvalue weighted by Crippen LogP contribution is 2.19. The van der Waals surface area contributed by atoms with Crippen molar-refractivity contribution >= 4 is 5.91 Å². The third-order valence-electron chi connectivity index (χ3n) is 4.08. The smallest absolute Gasteiger partial charge is 0.225 e. The molecule has 116 valence electrons. The number of carbonyl (C=O) groups excluding carboxylic acids is 1. The van der Waals surface area contributed by atoms with E-state index in [0.717, 1.165) is 19.6 Å². The highest BCUT2D eigenvalue weighted by atomic mass is 16.2. The fourth-order valence-corrected chi connectivity index (χ4v) is 2.81. The minimum absolute atomic E-state index is 0.155. The zero-order valence-corrected chi connectivity index (χ0v) is 13.6. The van der Waals surface area contributed by atoms with Crippen LogP contribution in [0.1, 0.15) is 39.2 Å². The van der Waals surface area contributed by atoms with E-state index in [-0.39, 0.29) is 11.3 Å². The minimum atomic E-state index is -0.293. The normalized spacial score (nSPS) is 20.2. The molecule has 1 N–H and O–H groups in total. The summed E-state index contributed by atoms with van der Waals surface area (Å²) in [5.41, 5.74) is 1.08. The molecule has 0 unspecified atom stereocenters. The van der Waals surface area contributed by atoms with Gasteiger partial charge in [-0.2, -0.15) is 0 Å². The van der Waals surface area contributed by atoms with Gasteiger partial charge in [0.1, 0.15) is 0 Å². The number of rotatable bonds is 4. The van der Waals surface area contributed by atoms with Gasteiger partial charge in [0.2, 0.25) is 5.91 Å². The molecule has 2 rings (SSSR count). The van der Waals surface area contributed by atoms with Crippen LogP contribution in [0, 0.1) is 11.3 Å². The Morgan fingerprint density at radius 2 is 2.00 bits per heavy atom. The Balaban J connectivity index is 1.80. The molecule has 0 saturated carbocycles. The van der Waals surface area contributed by atoms with Gasteiger partial charge < -0.3 is 5.32 Å². The maximum atomic E-state index is 12.0. The average molecular weight is 288 g/mol. The second-order valence-corrected chi connectivity index (χ2v) is 7.19. The van der Waals surface area contributed by atoms with E-state index in [1.54, 1.807) is 0 Å². The van der Waals surface area contributed by atoms with E-state index in [4.69, 9.17) is 0 Å². The van der Waals surface area contributed by atoms with Crippen LogP contribution < -0.4 is 5.32 Å². The summed E-state index contributed by atoms with van der Waals surface area (Å²) in [4.78, 5) is 14.5. The number of carbonyl (C=O) groups is 1. The second-order valence-electron chi connectivity index (χ2n) is 7.19. The van der Waals surface area contributed by atoms with Crippen molar-refractivity contribution in [3.8, 4) is 0 Å². The topological polar surface area (TPSA) is 32.3 Å². The van der Waals surface area contributed by atoms with E-state index in [0.29, 0.717) is 5.92 Å². The van der Waals surface area contributed by atoms with Gasteiger partial charge in [0, 0.05) is 25.0 Å². The molecule has 0 aromatic heterocycles. The van der Waals surface area contributed by atoms with Gasteiger partial charge in [0.15, 0.2) is 0 Å². The summed E-state index contributed by atoms with van der Waals surface area (Å²) in [7, 11) is 0. The predicted octanol–water partition coefficient (Wildman–Crippen LogP) is 3.06. The van der Waals surface area contributed by atoms with Crippen LogP contribution in [0.25, 0.3) is 0 Å². The summed E-state index contributed by atoms with van der Waals surface area (Å²) in [6.45, 7) is 9.96. The van der Waals surface area contributed by atoms with Crippen molar-refractivity contribution in [2.75, 3.05) is 19.6 Å². The lowest BCUT2D eigenvalue weighted by Gasteiger charge is -2.33. The van der Waals surface area contributed by atoms with Crippen LogP contribution in [0.4, 0.5) is 0 Å². The van der Waals surface area contributed by atoms with E-state index >= 15 is 0 Å². The Bertz CT molecular complexity index is 450. The molecule has 0 bridgehead atoms. The van der Waals surface area contributed by atoms with Gasteiger partial charge in [-0.15, -0.1) is 0 Å². The quantitative estimate of drug-likeness (QED) is 0.923. The largest absolute Gasteiger partial charge is 0.355 e.